The van der Waals surface area contributed by atoms with Crippen molar-refractivity contribution < 1.29 is 4.39 Å². The molecule has 22 heavy (non-hydrogen) atoms. The standard InChI is InChI=1S/C18H22FN3/c1-20-18(22-14-16-9-5-11-17(19)13-16)21-12-6-10-15-7-3-2-4-8-15/h2-5,7-9,11,13H,6,10,12,14H2,1H3,(H2,20,21,22). The van der Waals surface area contributed by atoms with Gasteiger partial charge in [-0.2, -0.15) is 0 Å². The van der Waals surface area contributed by atoms with Crippen LogP contribution in [0, 0.1) is 5.82 Å². The van der Waals surface area contributed by atoms with E-state index < -0.39 is 0 Å². The van der Waals surface area contributed by atoms with Crippen LogP contribution in [0.3, 0.4) is 0 Å². The second-order valence-electron chi connectivity index (χ2n) is 5.07. The lowest BCUT2D eigenvalue weighted by Gasteiger charge is -2.12. The van der Waals surface area contributed by atoms with E-state index in [2.05, 4.69) is 39.9 Å². The van der Waals surface area contributed by atoms with Crippen molar-refractivity contribution in [3.63, 3.8) is 0 Å². The van der Waals surface area contributed by atoms with Crippen LogP contribution in [0.2, 0.25) is 0 Å². The second kappa shape index (κ2) is 8.82. The highest BCUT2D eigenvalue weighted by Gasteiger charge is 1.99. The smallest absolute Gasteiger partial charge is 0.191 e. The van der Waals surface area contributed by atoms with Crippen LogP contribution < -0.4 is 10.6 Å². The Labute approximate surface area is 131 Å². The van der Waals surface area contributed by atoms with Gasteiger partial charge in [0.1, 0.15) is 5.82 Å². The molecule has 0 aromatic heterocycles. The Morgan fingerprint density at radius 1 is 1.00 bits per heavy atom. The van der Waals surface area contributed by atoms with E-state index in [1.54, 1.807) is 13.1 Å². The molecule has 0 saturated heterocycles. The van der Waals surface area contributed by atoms with Gasteiger partial charge in [-0.15, -0.1) is 0 Å². The molecule has 116 valence electrons. The van der Waals surface area contributed by atoms with Crippen molar-refractivity contribution >= 4 is 5.96 Å². The summed E-state index contributed by atoms with van der Waals surface area (Å²) >= 11 is 0. The molecule has 0 aliphatic heterocycles. The summed E-state index contributed by atoms with van der Waals surface area (Å²) in [4.78, 5) is 4.17. The number of hydrogen-bond donors (Lipinski definition) is 2. The van der Waals surface area contributed by atoms with Gasteiger partial charge in [-0.1, -0.05) is 42.5 Å². The van der Waals surface area contributed by atoms with Gasteiger partial charge in [-0.25, -0.2) is 4.39 Å². The van der Waals surface area contributed by atoms with Gasteiger partial charge < -0.3 is 10.6 Å². The van der Waals surface area contributed by atoms with E-state index in [1.807, 2.05) is 12.1 Å². The third-order valence-electron chi connectivity index (χ3n) is 3.35. The van der Waals surface area contributed by atoms with Gasteiger partial charge in [-0.05, 0) is 36.1 Å². The van der Waals surface area contributed by atoms with Crippen molar-refractivity contribution in [2.75, 3.05) is 13.6 Å². The van der Waals surface area contributed by atoms with Crippen LogP contribution in [0.25, 0.3) is 0 Å². The third kappa shape index (κ3) is 5.56. The van der Waals surface area contributed by atoms with E-state index in [1.165, 1.54) is 17.7 Å². The molecule has 0 radical (unpaired) electrons. The highest BCUT2D eigenvalue weighted by atomic mass is 19.1. The molecule has 2 N–H and O–H groups in total. The van der Waals surface area contributed by atoms with Crippen molar-refractivity contribution in [1.29, 1.82) is 0 Å². The van der Waals surface area contributed by atoms with Crippen LogP contribution in [0.15, 0.2) is 59.6 Å². The number of rotatable bonds is 6. The van der Waals surface area contributed by atoms with Crippen LogP contribution >= 0.6 is 0 Å². The quantitative estimate of drug-likeness (QED) is 0.488. The van der Waals surface area contributed by atoms with Gasteiger partial charge in [0.25, 0.3) is 0 Å². The summed E-state index contributed by atoms with van der Waals surface area (Å²) in [5.74, 6) is 0.516. The molecule has 0 bridgehead atoms. The van der Waals surface area contributed by atoms with Crippen LogP contribution in [-0.2, 0) is 13.0 Å². The number of hydrogen-bond acceptors (Lipinski definition) is 1. The number of benzene rings is 2. The number of aryl methyl sites for hydroxylation is 1. The molecule has 0 spiro atoms. The van der Waals surface area contributed by atoms with E-state index >= 15 is 0 Å². The Kier molecular flexibility index (Phi) is 6.42. The lowest BCUT2D eigenvalue weighted by atomic mass is 10.1. The lowest BCUT2D eigenvalue weighted by Crippen LogP contribution is -2.37. The predicted octanol–water partition coefficient (Wildman–Crippen LogP) is 3.12. The van der Waals surface area contributed by atoms with Crippen LogP contribution in [0.4, 0.5) is 4.39 Å². The molecule has 0 aliphatic rings. The number of nitrogens with zero attached hydrogens (tertiary/aromatic N) is 1. The Balaban J connectivity index is 1.69. The number of nitrogens with one attached hydrogen (secondary N) is 2. The highest BCUT2D eigenvalue weighted by Crippen LogP contribution is 2.03. The van der Waals surface area contributed by atoms with Crippen molar-refractivity contribution in [2.45, 2.75) is 19.4 Å². The van der Waals surface area contributed by atoms with Gasteiger partial charge in [0, 0.05) is 20.1 Å². The first-order valence-corrected chi connectivity index (χ1v) is 7.51. The van der Waals surface area contributed by atoms with Crippen molar-refractivity contribution in [2.24, 2.45) is 4.99 Å². The van der Waals surface area contributed by atoms with Gasteiger partial charge in [0.2, 0.25) is 0 Å². The van der Waals surface area contributed by atoms with E-state index in [-0.39, 0.29) is 5.82 Å². The first-order chi connectivity index (χ1) is 10.8. The predicted molar refractivity (Wildman–Crippen MR) is 89.4 cm³/mol. The van der Waals surface area contributed by atoms with Gasteiger partial charge in [0.15, 0.2) is 5.96 Å². The number of guanidine groups is 1. The summed E-state index contributed by atoms with van der Waals surface area (Å²) < 4.78 is 13.1. The first kappa shape index (κ1) is 16.0. The van der Waals surface area contributed by atoms with E-state index in [9.17, 15) is 4.39 Å². The zero-order valence-corrected chi connectivity index (χ0v) is 12.8. The van der Waals surface area contributed by atoms with Crippen molar-refractivity contribution in [1.82, 2.24) is 10.6 Å². The normalized spacial score (nSPS) is 11.3. The van der Waals surface area contributed by atoms with Crippen LogP contribution in [0.1, 0.15) is 17.5 Å². The molecule has 0 atom stereocenters. The minimum Gasteiger partial charge on any atom is -0.356 e. The third-order valence-corrected chi connectivity index (χ3v) is 3.35. The van der Waals surface area contributed by atoms with Crippen LogP contribution in [0.5, 0.6) is 0 Å². The van der Waals surface area contributed by atoms with Gasteiger partial charge in [-0.3, -0.25) is 4.99 Å². The minimum atomic E-state index is -0.217. The summed E-state index contributed by atoms with van der Waals surface area (Å²) in [5.41, 5.74) is 2.24. The summed E-state index contributed by atoms with van der Waals surface area (Å²) in [7, 11) is 1.73. The summed E-state index contributed by atoms with van der Waals surface area (Å²) in [6.07, 6.45) is 2.07. The molecular formula is C18H22FN3. The fourth-order valence-corrected chi connectivity index (χ4v) is 2.20. The molecule has 0 fully saturated rings. The molecule has 2 aromatic rings. The molecule has 0 heterocycles. The Morgan fingerprint density at radius 2 is 1.77 bits per heavy atom. The number of aliphatic imine (C=N–C) groups is 1. The summed E-state index contributed by atoms with van der Waals surface area (Å²) in [6, 6.07) is 17.0. The molecule has 0 amide bonds. The summed E-state index contributed by atoms with van der Waals surface area (Å²) in [6.45, 7) is 1.40. The van der Waals surface area contributed by atoms with E-state index in [0.717, 1.165) is 30.9 Å². The zero-order chi connectivity index (χ0) is 15.6. The Hall–Kier alpha value is -2.36. The monoisotopic (exact) mass is 299 g/mol. The van der Waals surface area contributed by atoms with E-state index in [4.69, 9.17) is 0 Å². The average molecular weight is 299 g/mol. The molecule has 0 saturated carbocycles. The maximum atomic E-state index is 13.1. The highest BCUT2D eigenvalue weighted by molar-refractivity contribution is 5.79. The molecule has 0 aliphatic carbocycles. The van der Waals surface area contributed by atoms with E-state index in [0.29, 0.717) is 6.54 Å². The molecule has 2 rings (SSSR count). The molecular weight excluding hydrogens is 277 g/mol. The molecule has 3 nitrogen and oxygen atoms in total. The average Bonchev–Trinajstić information content (AvgIpc) is 2.55. The maximum Gasteiger partial charge on any atom is 0.191 e. The van der Waals surface area contributed by atoms with Crippen molar-refractivity contribution in [3.05, 3.63) is 71.5 Å². The number of halogens is 1. The van der Waals surface area contributed by atoms with Gasteiger partial charge >= 0.3 is 0 Å². The lowest BCUT2D eigenvalue weighted by molar-refractivity contribution is 0.624. The minimum absolute atomic E-state index is 0.217. The van der Waals surface area contributed by atoms with Crippen molar-refractivity contribution in [3.8, 4) is 0 Å². The molecule has 2 aromatic carbocycles. The Morgan fingerprint density at radius 3 is 2.50 bits per heavy atom. The second-order valence-corrected chi connectivity index (χ2v) is 5.07. The fraction of sp³-hybridized carbons (Fsp3) is 0.278. The Bertz CT molecular complexity index is 596. The fourth-order valence-electron chi connectivity index (χ4n) is 2.20. The first-order valence-electron chi connectivity index (χ1n) is 7.51. The zero-order valence-electron chi connectivity index (χ0n) is 12.8. The summed E-state index contributed by atoms with van der Waals surface area (Å²) in [5, 5.41) is 6.45. The SMILES string of the molecule is CN=C(NCCCc1ccccc1)NCc1cccc(F)c1. The molecule has 0 unspecified atom stereocenters. The maximum absolute atomic E-state index is 13.1. The largest absolute Gasteiger partial charge is 0.356 e. The van der Waals surface area contributed by atoms with Crippen LogP contribution in [-0.4, -0.2) is 19.6 Å². The topological polar surface area (TPSA) is 36.4 Å². The molecule has 4 heteroatoms. The van der Waals surface area contributed by atoms with Gasteiger partial charge in [0.05, 0.1) is 0 Å².